The van der Waals surface area contributed by atoms with E-state index in [1.165, 1.54) is 29.5 Å². The summed E-state index contributed by atoms with van der Waals surface area (Å²) in [6, 6.07) is 3.31. The number of hydrogen-bond acceptors (Lipinski definition) is 8. The van der Waals surface area contributed by atoms with Crippen molar-refractivity contribution in [3.05, 3.63) is 35.7 Å². The van der Waals surface area contributed by atoms with Crippen molar-refractivity contribution in [1.29, 1.82) is 0 Å². The average Bonchev–Trinajstić information content (AvgIpc) is 3.50. The van der Waals surface area contributed by atoms with Crippen LogP contribution in [-0.4, -0.2) is 62.8 Å². The molecule has 35 heavy (non-hydrogen) atoms. The van der Waals surface area contributed by atoms with Gasteiger partial charge in [0.1, 0.15) is 0 Å². The maximum absolute atomic E-state index is 14.5. The SMILES string of the molecule is COc1cc2nc(N)n3nc([C@@H]4CCCN(c5cnn(C6CCOCC6)c5C)C4)nc3c2cc1F. The van der Waals surface area contributed by atoms with Crippen LogP contribution in [0.2, 0.25) is 0 Å². The average molecular weight is 481 g/mol. The van der Waals surface area contributed by atoms with E-state index in [-0.39, 0.29) is 17.6 Å². The third-order valence-electron chi connectivity index (χ3n) is 7.27. The third-order valence-corrected chi connectivity index (χ3v) is 7.27. The lowest BCUT2D eigenvalue weighted by molar-refractivity contribution is 0.0657. The summed E-state index contributed by atoms with van der Waals surface area (Å²) in [5, 5.41) is 9.97. The predicted octanol–water partition coefficient (Wildman–Crippen LogP) is 3.25. The first-order chi connectivity index (χ1) is 17.0. The van der Waals surface area contributed by atoms with Gasteiger partial charge in [-0.05, 0) is 38.7 Å². The number of nitrogens with two attached hydrogens (primary N) is 1. The maximum atomic E-state index is 14.5. The van der Waals surface area contributed by atoms with E-state index in [4.69, 9.17) is 30.4 Å². The molecule has 1 atom stereocenters. The third kappa shape index (κ3) is 3.74. The van der Waals surface area contributed by atoms with Gasteiger partial charge in [0, 0.05) is 43.7 Å². The van der Waals surface area contributed by atoms with Crippen molar-refractivity contribution < 1.29 is 13.9 Å². The normalized spacial score (nSPS) is 19.6. The van der Waals surface area contributed by atoms with Gasteiger partial charge in [-0.15, -0.1) is 5.10 Å². The molecular formula is C24H29FN8O2. The molecule has 0 aliphatic carbocycles. The molecule has 6 rings (SSSR count). The summed E-state index contributed by atoms with van der Waals surface area (Å²) in [5.74, 6) is 0.668. The van der Waals surface area contributed by atoms with E-state index in [0.29, 0.717) is 28.4 Å². The molecule has 0 bridgehead atoms. The van der Waals surface area contributed by atoms with Gasteiger partial charge in [-0.1, -0.05) is 0 Å². The molecule has 2 aliphatic rings. The highest BCUT2D eigenvalue weighted by atomic mass is 19.1. The highest BCUT2D eigenvalue weighted by Crippen LogP contribution is 2.34. The van der Waals surface area contributed by atoms with E-state index in [2.05, 4.69) is 21.5 Å². The van der Waals surface area contributed by atoms with Crippen molar-refractivity contribution in [3.63, 3.8) is 0 Å². The minimum atomic E-state index is -0.473. The number of nitrogens with zero attached hydrogens (tertiary/aromatic N) is 7. The smallest absolute Gasteiger partial charge is 0.223 e. The van der Waals surface area contributed by atoms with Crippen molar-refractivity contribution in [2.75, 3.05) is 44.0 Å². The molecule has 2 N–H and O–H groups in total. The van der Waals surface area contributed by atoms with Crippen LogP contribution >= 0.6 is 0 Å². The van der Waals surface area contributed by atoms with E-state index in [1.54, 1.807) is 0 Å². The lowest BCUT2D eigenvalue weighted by Crippen LogP contribution is -2.35. The largest absolute Gasteiger partial charge is 0.494 e. The first kappa shape index (κ1) is 22.0. The number of benzene rings is 1. The van der Waals surface area contributed by atoms with Crippen LogP contribution in [0.4, 0.5) is 16.0 Å². The van der Waals surface area contributed by atoms with Crippen LogP contribution < -0.4 is 15.4 Å². The second kappa shape index (κ2) is 8.63. The van der Waals surface area contributed by atoms with Gasteiger partial charge in [-0.2, -0.15) is 9.61 Å². The number of aromatic nitrogens is 6. The Balaban J connectivity index is 1.31. The quantitative estimate of drug-likeness (QED) is 0.474. The van der Waals surface area contributed by atoms with Gasteiger partial charge in [0.05, 0.1) is 36.2 Å². The van der Waals surface area contributed by atoms with Crippen molar-refractivity contribution in [2.24, 2.45) is 0 Å². The number of methoxy groups -OCH3 is 1. The van der Waals surface area contributed by atoms with Gasteiger partial charge in [0.15, 0.2) is 23.0 Å². The number of rotatable bonds is 4. The Morgan fingerprint density at radius 3 is 2.80 bits per heavy atom. The van der Waals surface area contributed by atoms with Crippen LogP contribution in [0, 0.1) is 12.7 Å². The van der Waals surface area contributed by atoms with Crippen LogP contribution in [-0.2, 0) is 4.74 Å². The standard InChI is InChI=1S/C24H29FN8O2/c1-14-20(12-27-32(14)16-5-8-35-9-6-16)31-7-3-4-15(13-31)22-29-23-17-10-18(25)21(34-2)11-19(17)28-24(26)33(23)30-22/h10-12,15-16H,3-9,13H2,1-2H3,(H2,26,28)/t15-/m1/s1. The molecule has 11 heteroatoms. The van der Waals surface area contributed by atoms with Gasteiger partial charge in [-0.25, -0.2) is 14.4 Å². The summed E-state index contributed by atoms with van der Waals surface area (Å²) in [6.45, 7) is 5.46. The molecule has 0 radical (unpaired) electrons. The summed E-state index contributed by atoms with van der Waals surface area (Å²) in [6.07, 6.45) is 5.95. The molecule has 0 spiro atoms. The molecule has 0 unspecified atom stereocenters. The Bertz CT molecular complexity index is 1390. The molecule has 3 aromatic heterocycles. The molecule has 10 nitrogen and oxygen atoms in total. The van der Waals surface area contributed by atoms with E-state index in [9.17, 15) is 4.39 Å². The van der Waals surface area contributed by atoms with Gasteiger partial charge in [-0.3, -0.25) is 4.68 Å². The maximum Gasteiger partial charge on any atom is 0.223 e. The molecule has 184 valence electrons. The lowest BCUT2D eigenvalue weighted by Gasteiger charge is -2.33. The van der Waals surface area contributed by atoms with Crippen LogP contribution in [0.5, 0.6) is 5.75 Å². The number of ether oxygens (including phenoxy) is 2. The van der Waals surface area contributed by atoms with Crippen molar-refractivity contribution in [3.8, 4) is 5.75 Å². The van der Waals surface area contributed by atoms with Gasteiger partial charge < -0.3 is 20.1 Å². The molecule has 1 aromatic carbocycles. The summed E-state index contributed by atoms with van der Waals surface area (Å²) >= 11 is 0. The fourth-order valence-corrected chi connectivity index (χ4v) is 5.41. The van der Waals surface area contributed by atoms with E-state index in [1.807, 2.05) is 6.20 Å². The Labute approximate surface area is 201 Å². The van der Waals surface area contributed by atoms with Gasteiger partial charge >= 0.3 is 0 Å². The fraction of sp³-hybridized carbons (Fsp3) is 0.500. The minimum Gasteiger partial charge on any atom is -0.494 e. The molecular weight excluding hydrogens is 451 g/mol. The Kier molecular flexibility index (Phi) is 5.43. The van der Waals surface area contributed by atoms with Crippen LogP contribution in [0.3, 0.4) is 0 Å². The topological polar surface area (TPSA) is 109 Å². The molecule has 0 amide bonds. The molecule has 0 saturated carbocycles. The van der Waals surface area contributed by atoms with Crippen molar-refractivity contribution >= 4 is 28.2 Å². The molecule has 4 aromatic rings. The monoisotopic (exact) mass is 480 g/mol. The Morgan fingerprint density at radius 2 is 2.00 bits per heavy atom. The second-order valence-electron chi connectivity index (χ2n) is 9.37. The number of halogens is 1. The number of nitrogen functional groups attached to an aromatic ring is 1. The lowest BCUT2D eigenvalue weighted by atomic mass is 9.97. The number of fused-ring (bicyclic) bond motifs is 3. The number of hydrogen-bond donors (Lipinski definition) is 1. The van der Waals surface area contributed by atoms with Gasteiger partial charge in [0.25, 0.3) is 0 Å². The number of piperidine rings is 1. The van der Waals surface area contributed by atoms with Crippen LogP contribution in [0.1, 0.15) is 49.2 Å². The van der Waals surface area contributed by atoms with Crippen LogP contribution in [0.25, 0.3) is 16.6 Å². The fourth-order valence-electron chi connectivity index (χ4n) is 5.41. The molecule has 5 heterocycles. The minimum absolute atomic E-state index is 0.118. The zero-order valence-electron chi connectivity index (χ0n) is 19.9. The van der Waals surface area contributed by atoms with E-state index >= 15 is 0 Å². The summed E-state index contributed by atoms with van der Waals surface area (Å²) in [4.78, 5) is 11.6. The first-order valence-electron chi connectivity index (χ1n) is 12.1. The highest BCUT2D eigenvalue weighted by Gasteiger charge is 2.29. The summed E-state index contributed by atoms with van der Waals surface area (Å²) in [5.41, 5.74) is 9.56. The Morgan fingerprint density at radius 1 is 1.17 bits per heavy atom. The first-order valence-corrected chi connectivity index (χ1v) is 12.1. The molecule has 2 saturated heterocycles. The van der Waals surface area contributed by atoms with E-state index < -0.39 is 5.82 Å². The predicted molar refractivity (Wildman–Crippen MR) is 129 cm³/mol. The second-order valence-corrected chi connectivity index (χ2v) is 9.37. The van der Waals surface area contributed by atoms with Crippen molar-refractivity contribution in [2.45, 2.75) is 44.6 Å². The highest BCUT2D eigenvalue weighted by molar-refractivity contribution is 5.93. The zero-order valence-corrected chi connectivity index (χ0v) is 19.9. The van der Waals surface area contributed by atoms with E-state index in [0.717, 1.165) is 57.7 Å². The zero-order chi connectivity index (χ0) is 24.1. The summed E-state index contributed by atoms with van der Waals surface area (Å²) in [7, 11) is 1.42. The molecule has 2 aliphatic heterocycles. The summed E-state index contributed by atoms with van der Waals surface area (Å²) < 4.78 is 28.7. The van der Waals surface area contributed by atoms with Gasteiger partial charge in [0.2, 0.25) is 5.95 Å². The molecule has 2 fully saturated rings. The Hall–Kier alpha value is -3.47. The van der Waals surface area contributed by atoms with Crippen LogP contribution in [0.15, 0.2) is 18.3 Å². The van der Waals surface area contributed by atoms with Crippen molar-refractivity contribution in [1.82, 2.24) is 29.4 Å². The number of anilines is 2.